The summed E-state index contributed by atoms with van der Waals surface area (Å²) in [7, 11) is 0. The van der Waals surface area contributed by atoms with Crippen LogP contribution in [0.5, 0.6) is 0 Å². The monoisotopic (exact) mass is 291 g/mol. The van der Waals surface area contributed by atoms with Gasteiger partial charge in [0.25, 0.3) is 0 Å². The minimum Gasteiger partial charge on any atom is -0.308 e. The van der Waals surface area contributed by atoms with Crippen LogP contribution in [-0.2, 0) is 13.0 Å². The second-order valence-corrected chi connectivity index (χ2v) is 6.40. The van der Waals surface area contributed by atoms with Crippen molar-refractivity contribution in [2.45, 2.75) is 46.2 Å². The third kappa shape index (κ3) is 3.62. The highest BCUT2D eigenvalue weighted by molar-refractivity contribution is 6.30. The van der Waals surface area contributed by atoms with Gasteiger partial charge < -0.3 is 5.32 Å². The van der Waals surface area contributed by atoms with Crippen LogP contribution in [-0.4, -0.2) is 15.3 Å². The Morgan fingerprint density at radius 2 is 2.05 bits per heavy atom. The fraction of sp³-hybridized carbons (Fsp3) is 0.438. The molecule has 1 aromatic carbocycles. The molecule has 1 aromatic heterocycles. The molecule has 0 saturated carbocycles. The number of nitrogens with zero attached hydrogens (tertiary/aromatic N) is 2. The zero-order chi connectivity index (χ0) is 14.8. The Labute approximate surface area is 126 Å². The third-order valence-electron chi connectivity index (χ3n) is 3.15. The first-order valence-electron chi connectivity index (χ1n) is 6.97. The van der Waals surface area contributed by atoms with Gasteiger partial charge in [-0.05, 0) is 45.4 Å². The van der Waals surface area contributed by atoms with Crippen LogP contribution in [0.25, 0.3) is 5.69 Å². The molecule has 0 amide bonds. The Balaban J connectivity index is 2.30. The highest BCUT2D eigenvalue weighted by atomic mass is 35.5. The summed E-state index contributed by atoms with van der Waals surface area (Å²) in [4.78, 5) is 0. The van der Waals surface area contributed by atoms with E-state index >= 15 is 0 Å². The molecular weight excluding hydrogens is 270 g/mol. The second kappa shape index (κ2) is 5.98. The molecule has 0 spiro atoms. The van der Waals surface area contributed by atoms with Gasteiger partial charge in [0.15, 0.2) is 0 Å². The maximum absolute atomic E-state index is 6.06. The molecule has 3 nitrogen and oxygen atoms in total. The van der Waals surface area contributed by atoms with Crippen LogP contribution in [0, 0.1) is 0 Å². The lowest BCUT2D eigenvalue weighted by atomic mass is 10.1. The summed E-state index contributed by atoms with van der Waals surface area (Å²) < 4.78 is 1.98. The van der Waals surface area contributed by atoms with Gasteiger partial charge in [-0.25, -0.2) is 4.68 Å². The lowest BCUT2D eigenvalue weighted by Crippen LogP contribution is -2.35. The summed E-state index contributed by atoms with van der Waals surface area (Å²) in [6.45, 7) is 9.48. The van der Waals surface area contributed by atoms with Gasteiger partial charge in [-0.1, -0.05) is 24.6 Å². The summed E-state index contributed by atoms with van der Waals surface area (Å²) in [5.74, 6) is 0. The maximum Gasteiger partial charge on any atom is 0.0663 e. The van der Waals surface area contributed by atoms with Gasteiger partial charge in [0.05, 0.1) is 11.9 Å². The number of benzene rings is 1. The molecule has 108 valence electrons. The van der Waals surface area contributed by atoms with Crippen molar-refractivity contribution >= 4 is 11.6 Å². The summed E-state index contributed by atoms with van der Waals surface area (Å²) in [6.07, 6.45) is 2.88. The van der Waals surface area contributed by atoms with Crippen molar-refractivity contribution in [1.82, 2.24) is 15.1 Å². The fourth-order valence-electron chi connectivity index (χ4n) is 2.12. The molecule has 4 heteroatoms. The molecule has 2 rings (SSSR count). The van der Waals surface area contributed by atoms with Gasteiger partial charge in [-0.2, -0.15) is 5.10 Å². The predicted molar refractivity (Wildman–Crippen MR) is 84.5 cm³/mol. The lowest BCUT2D eigenvalue weighted by molar-refractivity contribution is 0.423. The topological polar surface area (TPSA) is 29.9 Å². The van der Waals surface area contributed by atoms with Crippen LogP contribution in [0.2, 0.25) is 5.02 Å². The molecule has 0 fully saturated rings. The molecule has 2 aromatic rings. The van der Waals surface area contributed by atoms with Crippen LogP contribution >= 0.6 is 11.6 Å². The predicted octanol–water partition coefficient (Wildman–Crippen LogP) is 3.98. The van der Waals surface area contributed by atoms with Crippen LogP contribution in [0.15, 0.2) is 30.5 Å². The van der Waals surface area contributed by atoms with E-state index in [0.717, 1.165) is 23.7 Å². The summed E-state index contributed by atoms with van der Waals surface area (Å²) in [5, 5.41) is 8.76. The van der Waals surface area contributed by atoms with Crippen molar-refractivity contribution in [3.8, 4) is 5.69 Å². The van der Waals surface area contributed by atoms with E-state index in [2.05, 4.69) is 38.1 Å². The molecule has 0 aliphatic rings. The van der Waals surface area contributed by atoms with Crippen LogP contribution in [0.4, 0.5) is 0 Å². The van der Waals surface area contributed by atoms with Gasteiger partial charge in [-0.3, -0.25) is 0 Å². The highest BCUT2D eigenvalue weighted by Gasteiger charge is 2.14. The molecular formula is C16H22ClN3. The molecule has 20 heavy (non-hydrogen) atoms. The standard InChI is InChI=1S/C16H22ClN3/c1-5-15-12(10-18-16(2,3)4)11-19-20(15)14-8-6-7-13(17)9-14/h6-9,11,18H,5,10H2,1-4H3. The lowest BCUT2D eigenvalue weighted by Gasteiger charge is -2.20. The molecule has 0 saturated heterocycles. The maximum atomic E-state index is 6.06. The van der Waals surface area contributed by atoms with E-state index in [4.69, 9.17) is 11.6 Å². The van der Waals surface area contributed by atoms with Crippen molar-refractivity contribution in [3.63, 3.8) is 0 Å². The number of hydrogen-bond acceptors (Lipinski definition) is 2. The Morgan fingerprint density at radius 3 is 2.65 bits per heavy atom. The second-order valence-electron chi connectivity index (χ2n) is 5.97. The van der Waals surface area contributed by atoms with Gasteiger partial charge in [0.1, 0.15) is 0 Å². The van der Waals surface area contributed by atoms with Crippen molar-refractivity contribution in [1.29, 1.82) is 0 Å². The average molecular weight is 292 g/mol. The zero-order valence-corrected chi connectivity index (χ0v) is 13.3. The Bertz CT molecular complexity index is 582. The van der Waals surface area contributed by atoms with E-state index in [-0.39, 0.29) is 5.54 Å². The van der Waals surface area contributed by atoms with Crippen LogP contribution in [0.3, 0.4) is 0 Å². The third-order valence-corrected chi connectivity index (χ3v) is 3.39. The van der Waals surface area contributed by atoms with Crippen LogP contribution in [0.1, 0.15) is 39.0 Å². The number of hydrogen-bond donors (Lipinski definition) is 1. The minimum atomic E-state index is 0.100. The smallest absolute Gasteiger partial charge is 0.0663 e. The summed E-state index contributed by atoms with van der Waals surface area (Å²) in [5.41, 5.74) is 3.58. The molecule has 1 N–H and O–H groups in total. The van der Waals surface area contributed by atoms with E-state index in [1.165, 1.54) is 11.3 Å². The van der Waals surface area contributed by atoms with E-state index in [0.29, 0.717) is 0 Å². The van der Waals surface area contributed by atoms with Crippen molar-refractivity contribution in [3.05, 3.63) is 46.7 Å². The molecule has 0 radical (unpaired) electrons. The van der Waals surface area contributed by atoms with Gasteiger partial charge in [0.2, 0.25) is 0 Å². The minimum absolute atomic E-state index is 0.100. The molecule has 0 aliphatic carbocycles. The zero-order valence-electron chi connectivity index (χ0n) is 12.6. The van der Waals surface area contributed by atoms with Gasteiger partial charge >= 0.3 is 0 Å². The first-order chi connectivity index (χ1) is 9.40. The Hall–Kier alpha value is -1.32. The van der Waals surface area contributed by atoms with Gasteiger partial charge in [-0.15, -0.1) is 0 Å². The van der Waals surface area contributed by atoms with Gasteiger partial charge in [0, 0.05) is 28.4 Å². The average Bonchev–Trinajstić information content (AvgIpc) is 2.78. The number of rotatable bonds is 4. The number of halogens is 1. The molecule has 0 unspecified atom stereocenters. The molecule has 0 bridgehead atoms. The first-order valence-corrected chi connectivity index (χ1v) is 7.35. The van der Waals surface area contributed by atoms with E-state index in [1.54, 1.807) is 0 Å². The first kappa shape index (κ1) is 15.1. The number of nitrogens with one attached hydrogen (secondary N) is 1. The van der Waals surface area contributed by atoms with Crippen molar-refractivity contribution in [2.75, 3.05) is 0 Å². The molecule has 0 aliphatic heterocycles. The SMILES string of the molecule is CCc1c(CNC(C)(C)C)cnn1-c1cccc(Cl)c1. The summed E-state index contributed by atoms with van der Waals surface area (Å²) >= 11 is 6.06. The highest BCUT2D eigenvalue weighted by Crippen LogP contribution is 2.19. The fourth-order valence-corrected chi connectivity index (χ4v) is 2.31. The summed E-state index contributed by atoms with van der Waals surface area (Å²) in [6, 6.07) is 7.79. The quantitative estimate of drug-likeness (QED) is 0.923. The van der Waals surface area contributed by atoms with E-state index < -0.39 is 0 Å². The van der Waals surface area contributed by atoms with Crippen molar-refractivity contribution < 1.29 is 0 Å². The molecule has 0 atom stereocenters. The van der Waals surface area contributed by atoms with E-state index in [1.807, 2.05) is 35.1 Å². The normalized spacial score (nSPS) is 11.8. The van der Waals surface area contributed by atoms with E-state index in [9.17, 15) is 0 Å². The van der Waals surface area contributed by atoms with Crippen LogP contribution < -0.4 is 5.32 Å². The Kier molecular flexibility index (Phi) is 4.51. The number of aromatic nitrogens is 2. The Morgan fingerprint density at radius 1 is 1.30 bits per heavy atom. The molecule has 1 heterocycles. The largest absolute Gasteiger partial charge is 0.308 e. The van der Waals surface area contributed by atoms with Crippen molar-refractivity contribution in [2.24, 2.45) is 0 Å².